The summed E-state index contributed by atoms with van der Waals surface area (Å²) >= 11 is 1.06. The van der Waals surface area contributed by atoms with Crippen molar-refractivity contribution < 1.29 is 37.3 Å². The topological polar surface area (TPSA) is 170 Å². The van der Waals surface area contributed by atoms with Crippen LogP contribution in [-0.4, -0.2) is 65.9 Å². The molecule has 0 fully saturated rings. The van der Waals surface area contributed by atoms with Crippen molar-refractivity contribution in [3.63, 3.8) is 0 Å². The van der Waals surface area contributed by atoms with Gasteiger partial charge in [0.05, 0.1) is 11.9 Å². The molecule has 0 bridgehead atoms. The number of rotatable bonds is 5. The van der Waals surface area contributed by atoms with E-state index in [1.165, 1.54) is 18.5 Å². The third-order valence-corrected chi connectivity index (χ3v) is 7.28. The number of carboxylic acid groups (broad SMARTS) is 1. The number of anilines is 1. The molecule has 0 saturated carbocycles. The van der Waals surface area contributed by atoms with Crippen molar-refractivity contribution in [2.75, 3.05) is 18.1 Å². The average molecular weight is 492 g/mol. The fourth-order valence-corrected chi connectivity index (χ4v) is 5.17. The highest BCUT2D eigenvalue weighted by Crippen LogP contribution is 2.52. The Hall–Kier alpha value is -3.08. The van der Waals surface area contributed by atoms with Gasteiger partial charge in [-0.15, -0.1) is 22.1 Å². The van der Waals surface area contributed by atoms with E-state index in [0.29, 0.717) is 5.01 Å². The van der Waals surface area contributed by atoms with Crippen molar-refractivity contribution in [3.8, 4) is 5.75 Å². The molecule has 0 spiro atoms. The molecule has 0 aliphatic carbocycles. The van der Waals surface area contributed by atoms with E-state index in [-0.39, 0.29) is 29.0 Å². The summed E-state index contributed by atoms with van der Waals surface area (Å²) in [5.41, 5.74) is -1.37. The van der Waals surface area contributed by atoms with Gasteiger partial charge in [-0.05, 0) is 19.1 Å². The molecule has 5 N–H and O–H groups in total. The zero-order valence-corrected chi connectivity index (χ0v) is 18.2. The number of pyridine rings is 1. The van der Waals surface area contributed by atoms with E-state index in [4.69, 9.17) is 5.11 Å². The van der Waals surface area contributed by atoms with Crippen molar-refractivity contribution in [1.29, 1.82) is 0 Å². The Morgan fingerprint density at radius 2 is 2.06 bits per heavy atom. The van der Waals surface area contributed by atoms with Crippen LogP contribution in [0.2, 0.25) is 0 Å². The lowest BCUT2D eigenvalue weighted by atomic mass is 10.1. The smallest absolute Gasteiger partial charge is 0.411 e. The Morgan fingerprint density at radius 1 is 1.34 bits per heavy atom. The van der Waals surface area contributed by atoms with Gasteiger partial charge >= 0.3 is 12.7 Å². The maximum atomic E-state index is 12.3. The summed E-state index contributed by atoms with van der Waals surface area (Å²) in [5, 5.41) is 15.3. The number of nitrogens with zero attached hydrogens (tertiary/aromatic N) is 4. The SMILES string of the molecule is CN1C(NC(=O)O)=N[C@](C)(c2nc(NC(=O)c3ccc(OC(F)F)cn3)cs2)CS1(O)O. The molecule has 12 nitrogen and oxygen atoms in total. The van der Waals surface area contributed by atoms with Gasteiger partial charge in [0.15, 0.2) is 0 Å². The van der Waals surface area contributed by atoms with Crippen LogP contribution in [0.3, 0.4) is 0 Å². The van der Waals surface area contributed by atoms with Crippen LogP contribution < -0.4 is 15.4 Å². The lowest BCUT2D eigenvalue weighted by Gasteiger charge is -2.49. The van der Waals surface area contributed by atoms with E-state index in [2.05, 4.69) is 25.0 Å². The van der Waals surface area contributed by atoms with Crippen LogP contribution in [-0.2, 0) is 5.54 Å². The summed E-state index contributed by atoms with van der Waals surface area (Å²) in [6, 6.07) is 2.36. The molecule has 1 aliphatic rings. The second-order valence-electron chi connectivity index (χ2n) is 6.66. The number of carbonyl (C=O) groups excluding carboxylic acids is 1. The number of aromatic nitrogens is 2. The predicted molar refractivity (Wildman–Crippen MR) is 112 cm³/mol. The number of amides is 2. The van der Waals surface area contributed by atoms with E-state index < -0.39 is 34.9 Å². The number of hydrogen-bond donors (Lipinski definition) is 5. The molecule has 0 radical (unpaired) electrons. The molecule has 16 heteroatoms. The third kappa shape index (κ3) is 5.21. The van der Waals surface area contributed by atoms with Gasteiger partial charge < -0.3 is 15.2 Å². The standard InChI is InChI=1S/C16H18F2N6O6S2/c1-16(7-32(28,29)24(2)14(23-16)22-15(26)27)12-21-10(6-31-12)20-11(25)9-4-3-8(5-19-9)30-13(17)18/h3-6,13,28-29H,7H2,1-2H3,(H,20,25)(H,22,23)(H,26,27)/t16-/m0/s1. The number of aliphatic imine (C=N–C) groups is 1. The van der Waals surface area contributed by atoms with Gasteiger partial charge in [0.2, 0.25) is 5.96 Å². The maximum Gasteiger partial charge on any atom is 0.411 e. The van der Waals surface area contributed by atoms with Gasteiger partial charge in [0, 0.05) is 12.4 Å². The van der Waals surface area contributed by atoms with Crippen LogP contribution in [0.15, 0.2) is 28.7 Å². The minimum absolute atomic E-state index is 0.0770. The number of thiazole rings is 1. The van der Waals surface area contributed by atoms with Gasteiger partial charge in [-0.1, -0.05) is 0 Å². The summed E-state index contributed by atoms with van der Waals surface area (Å²) in [5.74, 6) is -1.27. The fourth-order valence-electron chi connectivity index (χ4n) is 2.71. The first-order valence-electron chi connectivity index (χ1n) is 8.67. The van der Waals surface area contributed by atoms with Crippen LogP contribution >= 0.6 is 22.1 Å². The Bertz CT molecular complexity index is 1050. The van der Waals surface area contributed by atoms with Crippen molar-refractivity contribution >= 4 is 45.9 Å². The zero-order valence-electron chi connectivity index (χ0n) is 16.5. The second kappa shape index (κ2) is 8.81. The highest BCUT2D eigenvalue weighted by molar-refractivity contribution is 8.22. The number of ether oxygens (including phenoxy) is 1. The summed E-state index contributed by atoms with van der Waals surface area (Å²) < 4.78 is 50.3. The fraction of sp³-hybridized carbons (Fsp3) is 0.312. The van der Waals surface area contributed by atoms with Gasteiger partial charge in [-0.25, -0.2) is 24.1 Å². The monoisotopic (exact) mass is 492 g/mol. The van der Waals surface area contributed by atoms with Crippen LogP contribution in [0.5, 0.6) is 5.75 Å². The first-order chi connectivity index (χ1) is 14.9. The number of halogens is 2. The normalized spacial score (nSPS) is 21.0. The van der Waals surface area contributed by atoms with Crippen molar-refractivity contribution in [1.82, 2.24) is 19.6 Å². The minimum atomic E-state index is -3.40. The molecule has 1 aliphatic heterocycles. The summed E-state index contributed by atoms with van der Waals surface area (Å²) in [6.45, 7) is -1.47. The van der Waals surface area contributed by atoms with Gasteiger partial charge in [-0.3, -0.25) is 19.2 Å². The molecule has 2 aromatic rings. The molecule has 0 saturated heterocycles. The molecule has 0 aromatic carbocycles. The average Bonchev–Trinajstić information content (AvgIpc) is 3.14. The first-order valence-corrected chi connectivity index (χ1v) is 11.2. The van der Waals surface area contributed by atoms with E-state index in [1.807, 2.05) is 5.32 Å². The molecule has 2 aromatic heterocycles. The van der Waals surface area contributed by atoms with E-state index >= 15 is 0 Å². The van der Waals surface area contributed by atoms with Crippen molar-refractivity contribution in [2.45, 2.75) is 19.1 Å². The predicted octanol–water partition coefficient (Wildman–Crippen LogP) is 2.84. The third-order valence-electron chi connectivity index (χ3n) is 4.18. The maximum absolute atomic E-state index is 12.3. The lowest BCUT2D eigenvalue weighted by Crippen LogP contribution is -2.50. The highest BCUT2D eigenvalue weighted by atomic mass is 32.3. The number of nitrogens with one attached hydrogen (secondary N) is 2. The minimum Gasteiger partial charge on any atom is -0.465 e. The molecule has 0 unspecified atom stereocenters. The number of alkyl halides is 2. The van der Waals surface area contributed by atoms with E-state index in [9.17, 15) is 27.5 Å². The van der Waals surface area contributed by atoms with Crippen LogP contribution in [0.1, 0.15) is 22.4 Å². The van der Waals surface area contributed by atoms with E-state index in [0.717, 1.165) is 27.9 Å². The summed E-state index contributed by atoms with van der Waals surface area (Å²) in [4.78, 5) is 35.7. The molecular formula is C16H18F2N6O6S2. The summed E-state index contributed by atoms with van der Waals surface area (Å²) in [6.07, 6.45) is -0.455. The van der Waals surface area contributed by atoms with E-state index in [1.54, 1.807) is 6.92 Å². The molecule has 174 valence electrons. The molecule has 3 rings (SSSR count). The molecular weight excluding hydrogens is 474 g/mol. The zero-order chi connectivity index (χ0) is 23.7. The second-order valence-corrected chi connectivity index (χ2v) is 9.62. The number of hydrogen-bond acceptors (Lipinski definition) is 10. The lowest BCUT2D eigenvalue weighted by molar-refractivity contribution is -0.0500. The van der Waals surface area contributed by atoms with Gasteiger partial charge in [0.1, 0.15) is 27.8 Å². The molecule has 1 atom stereocenters. The van der Waals surface area contributed by atoms with Crippen molar-refractivity contribution in [3.05, 3.63) is 34.4 Å². The van der Waals surface area contributed by atoms with Crippen molar-refractivity contribution in [2.24, 2.45) is 4.99 Å². The highest BCUT2D eigenvalue weighted by Gasteiger charge is 2.43. The van der Waals surface area contributed by atoms with Gasteiger partial charge in [-0.2, -0.15) is 8.78 Å². The molecule has 3 heterocycles. The summed E-state index contributed by atoms with van der Waals surface area (Å²) in [7, 11) is -2.11. The first kappa shape index (κ1) is 23.6. The van der Waals surface area contributed by atoms with Crippen LogP contribution in [0, 0.1) is 0 Å². The quantitative estimate of drug-likeness (QED) is 0.421. The number of guanidine groups is 1. The van der Waals surface area contributed by atoms with Crippen LogP contribution in [0.25, 0.3) is 0 Å². The van der Waals surface area contributed by atoms with Crippen LogP contribution in [0.4, 0.5) is 19.4 Å². The Labute approximate surface area is 185 Å². The van der Waals surface area contributed by atoms with Gasteiger partial charge in [0.25, 0.3) is 5.91 Å². The molecule has 32 heavy (non-hydrogen) atoms. The Morgan fingerprint density at radius 3 is 2.66 bits per heavy atom. The largest absolute Gasteiger partial charge is 0.465 e. The Kier molecular flexibility index (Phi) is 6.49. The number of carbonyl (C=O) groups is 2. The molecule has 2 amide bonds. The Balaban J connectivity index is 1.79.